The van der Waals surface area contributed by atoms with Gasteiger partial charge in [-0.25, -0.2) is 4.79 Å². The van der Waals surface area contributed by atoms with Crippen LogP contribution < -0.4 is 0 Å². The summed E-state index contributed by atoms with van der Waals surface area (Å²) in [5.41, 5.74) is 2.10. The maximum absolute atomic E-state index is 12.3. The van der Waals surface area contributed by atoms with Gasteiger partial charge in [0.05, 0.1) is 17.1 Å². The molecule has 6 heteroatoms. The molecule has 0 atom stereocenters. The van der Waals surface area contributed by atoms with Crippen LogP contribution in [-0.4, -0.2) is 36.0 Å². The number of carbonyl (C=O) groups excluding carboxylic acids is 1. The number of carbonyl (C=O) groups is 1. The summed E-state index contributed by atoms with van der Waals surface area (Å²) in [4.78, 5) is 24.6. The number of benzene rings is 1. The standard InChI is InChI=1S/C15H18N2O4/c1-3-21-15(18)14(13-5-4-10-16(13)2)11-6-8-12(9-7-11)17(19)20/h6-9H,3-5,10H2,1-2H3/b14-13-. The Hall–Kier alpha value is -2.37. The van der Waals surface area contributed by atoms with Crippen LogP contribution in [-0.2, 0) is 9.53 Å². The second-order valence-electron chi connectivity index (χ2n) is 4.87. The molecule has 0 N–H and O–H groups in total. The molecule has 1 fully saturated rings. The summed E-state index contributed by atoms with van der Waals surface area (Å²) in [5.74, 6) is -0.380. The normalized spacial score (nSPS) is 16.8. The molecule has 0 saturated carbocycles. The summed E-state index contributed by atoms with van der Waals surface area (Å²) in [6.45, 7) is 2.95. The first-order valence-corrected chi connectivity index (χ1v) is 6.90. The molecule has 0 bridgehead atoms. The molecular formula is C15H18N2O4. The van der Waals surface area contributed by atoms with E-state index in [2.05, 4.69) is 0 Å². The van der Waals surface area contributed by atoms with Crippen molar-refractivity contribution in [2.24, 2.45) is 0 Å². The lowest BCUT2D eigenvalue weighted by Gasteiger charge is -2.18. The van der Waals surface area contributed by atoms with E-state index in [-0.39, 0.29) is 11.7 Å². The second kappa shape index (κ2) is 6.39. The predicted molar refractivity (Wildman–Crippen MR) is 78.5 cm³/mol. The number of nitrogens with zero attached hydrogens (tertiary/aromatic N) is 2. The Balaban J connectivity index is 2.45. The molecule has 1 aromatic carbocycles. The van der Waals surface area contributed by atoms with E-state index in [1.54, 1.807) is 19.1 Å². The zero-order valence-corrected chi connectivity index (χ0v) is 12.2. The molecular weight excluding hydrogens is 272 g/mol. The van der Waals surface area contributed by atoms with E-state index < -0.39 is 4.92 Å². The van der Waals surface area contributed by atoms with Gasteiger partial charge in [0, 0.05) is 31.4 Å². The maximum atomic E-state index is 12.3. The van der Waals surface area contributed by atoms with E-state index in [4.69, 9.17) is 4.74 Å². The first kappa shape index (κ1) is 15.0. The lowest BCUT2D eigenvalue weighted by Crippen LogP contribution is -2.17. The van der Waals surface area contributed by atoms with Crippen molar-refractivity contribution >= 4 is 17.2 Å². The zero-order valence-electron chi connectivity index (χ0n) is 12.2. The van der Waals surface area contributed by atoms with Crippen LogP contribution in [0.25, 0.3) is 5.57 Å². The average Bonchev–Trinajstić information content (AvgIpc) is 2.86. The highest BCUT2D eigenvalue weighted by Crippen LogP contribution is 2.30. The number of esters is 1. The van der Waals surface area contributed by atoms with Crippen molar-refractivity contribution in [2.75, 3.05) is 20.2 Å². The highest BCUT2D eigenvalue weighted by atomic mass is 16.6. The minimum absolute atomic E-state index is 0.00624. The molecule has 0 aromatic heterocycles. The van der Waals surface area contributed by atoms with E-state index in [0.717, 1.165) is 25.1 Å². The molecule has 21 heavy (non-hydrogen) atoms. The molecule has 6 nitrogen and oxygen atoms in total. The number of ether oxygens (including phenoxy) is 1. The average molecular weight is 290 g/mol. The third-order valence-electron chi connectivity index (χ3n) is 3.50. The molecule has 1 saturated heterocycles. The fourth-order valence-corrected chi connectivity index (χ4v) is 2.48. The first-order valence-electron chi connectivity index (χ1n) is 6.90. The Morgan fingerprint density at radius 1 is 1.38 bits per heavy atom. The van der Waals surface area contributed by atoms with Gasteiger partial charge >= 0.3 is 5.97 Å². The summed E-state index contributed by atoms with van der Waals surface area (Å²) < 4.78 is 5.14. The van der Waals surface area contributed by atoms with Crippen molar-refractivity contribution in [2.45, 2.75) is 19.8 Å². The summed E-state index contributed by atoms with van der Waals surface area (Å²) in [6.07, 6.45) is 1.79. The summed E-state index contributed by atoms with van der Waals surface area (Å²) in [7, 11) is 1.94. The Kier molecular flexibility index (Phi) is 4.57. The van der Waals surface area contributed by atoms with Gasteiger partial charge < -0.3 is 9.64 Å². The Morgan fingerprint density at radius 3 is 2.52 bits per heavy atom. The fraction of sp³-hybridized carbons (Fsp3) is 0.400. The van der Waals surface area contributed by atoms with E-state index in [0.29, 0.717) is 17.7 Å². The fourth-order valence-electron chi connectivity index (χ4n) is 2.48. The Bertz CT molecular complexity index is 578. The molecule has 0 amide bonds. The number of hydrogen-bond donors (Lipinski definition) is 0. The molecule has 0 aliphatic carbocycles. The summed E-state index contributed by atoms with van der Waals surface area (Å²) >= 11 is 0. The minimum atomic E-state index is -0.456. The minimum Gasteiger partial charge on any atom is -0.462 e. The van der Waals surface area contributed by atoms with Gasteiger partial charge in [0.25, 0.3) is 5.69 Å². The molecule has 0 radical (unpaired) electrons. The number of nitro groups is 1. The number of nitro benzene ring substituents is 1. The Morgan fingerprint density at radius 2 is 2.05 bits per heavy atom. The van der Waals surface area contributed by atoms with Crippen molar-refractivity contribution in [3.8, 4) is 0 Å². The van der Waals surface area contributed by atoms with Crippen LogP contribution >= 0.6 is 0 Å². The predicted octanol–water partition coefficient (Wildman–Crippen LogP) is 2.59. The summed E-state index contributed by atoms with van der Waals surface area (Å²) in [5, 5.41) is 10.7. The largest absolute Gasteiger partial charge is 0.462 e. The van der Waals surface area contributed by atoms with Gasteiger partial charge in [0.2, 0.25) is 0 Å². The van der Waals surface area contributed by atoms with Gasteiger partial charge in [-0.1, -0.05) is 0 Å². The van der Waals surface area contributed by atoms with Crippen molar-refractivity contribution in [3.63, 3.8) is 0 Å². The summed E-state index contributed by atoms with van der Waals surface area (Å²) in [6, 6.07) is 6.02. The van der Waals surface area contributed by atoms with Crippen LogP contribution in [0.15, 0.2) is 30.0 Å². The van der Waals surface area contributed by atoms with Crippen molar-refractivity contribution in [1.82, 2.24) is 4.90 Å². The number of hydrogen-bond acceptors (Lipinski definition) is 5. The van der Waals surface area contributed by atoms with E-state index in [9.17, 15) is 14.9 Å². The molecule has 1 aliphatic heterocycles. The third-order valence-corrected chi connectivity index (χ3v) is 3.50. The zero-order chi connectivity index (χ0) is 15.4. The van der Waals surface area contributed by atoms with Crippen molar-refractivity contribution in [3.05, 3.63) is 45.6 Å². The lowest BCUT2D eigenvalue weighted by atomic mass is 10.0. The van der Waals surface area contributed by atoms with Gasteiger partial charge in [-0.15, -0.1) is 0 Å². The van der Waals surface area contributed by atoms with Crippen LogP contribution in [0.1, 0.15) is 25.3 Å². The number of rotatable bonds is 4. The van der Waals surface area contributed by atoms with E-state index in [1.807, 2.05) is 11.9 Å². The van der Waals surface area contributed by atoms with E-state index in [1.165, 1.54) is 12.1 Å². The number of non-ortho nitro benzene ring substituents is 1. The highest BCUT2D eigenvalue weighted by Gasteiger charge is 2.25. The van der Waals surface area contributed by atoms with Crippen molar-refractivity contribution < 1.29 is 14.5 Å². The quantitative estimate of drug-likeness (QED) is 0.369. The third kappa shape index (κ3) is 3.21. The second-order valence-corrected chi connectivity index (χ2v) is 4.87. The van der Waals surface area contributed by atoms with Crippen LogP contribution in [0.4, 0.5) is 5.69 Å². The van der Waals surface area contributed by atoms with Crippen LogP contribution in [0.2, 0.25) is 0 Å². The molecule has 1 aliphatic rings. The number of likely N-dealkylation sites (tertiary alicyclic amines) is 1. The smallest absolute Gasteiger partial charge is 0.340 e. The van der Waals surface area contributed by atoms with Gasteiger partial charge in [-0.05, 0) is 37.5 Å². The molecule has 2 rings (SSSR count). The van der Waals surface area contributed by atoms with E-state index >= 15 is 0 Å². The highest BCUT2D eigenvalue weighted by molar-refractivity contribution is 6.17. The molecule has 0 unspecified atom stereocenters. The maximum Gasteiger partial charge on any atom is 0.340 e. The van der Waals surface area contributed by atoms with Crippen LogP contribution in [0.5, 0.6) is 0 Å². The molecule has 1 aromatic rings. The molecule has 1 heterocycles. The number of allylic oxidation sites excluding steroid dienone is 1. The van der Waals surface area contributed by atoms with Crippen molar-refractivity contribution in [1.29, 1.82) is 0 Å². The van der Waals surface area contributed by atoms with Crippen LogP contribution in [0, 0.1) is 10.1 Å². The lowest BCUT2D eigenvalue weighted by molar-refractivity contribution is -0.384. The molecule has 0 spiro atoms. The van der Waals surface area contributed by atoms with Gasteiger partial charge in [0.15, 0.2) is 0 Å². The topological polar surface area (TPSA) is 72.7 Å². The SMILES string of the molecule is CCOC(=O)/C(=C1/CCCN1C)c1ccc([N+](=O)[O-])cc1. The van der Waals surface area contributed by atoms with Gasteiger partial charge in [0.1, 0.15) is 0 Å². The molecule has 112 valence electrons. The van der Waals surface area contributed by atoms with Crippen LogP contribution in [0.3, 0.4) is 0 Å². The Labute approximate surface area is 123 Å². The first-order chi connectivity index (χ1) is 10.0. The van der Waals surface area contributed by atoms with Gasteiger partial charge in [-0.3, -0.25) is 10.1 Å². The van der Waals surface area contributed by atoms with Gasteiger partial charge in [-0.2, -0.15) is 0 Å². The monoisotopic (exact) mass is 290 g/mol.